The summed E-state index contributed by atoms with van der Waals surface area (Å²) in [5, 5.41) is 0. The van der Waals surface area contributed by atoms with E-state index in [9.17, 15) is 9.59 Å². The molecular weight excluding hydrogens is 263 g/mol. The average Bonchev–Trinajstić information content (AvgIpc) is 1.81. The molecule has 0 bridgehead atoms. The smallest absolute Gasteiger partial charge is 0.333 e. The maximum atomic E-state index is 10.9. The first-order valence-electron chi connectivity index (χ1n) is 3.02. The highest BCUT2D eigenvalue weighted by Crippen LogP contribution is 2.22. The minimum Gasteiger partial charge on any atom is -0.422 e. The Balaban J connectivity index is 2.78. The number of esters is 2. The molecule has 0 saturated carbocycles. The Morgan fingerprint density at radius 3 is 2.00 bits per heavy atom. The van der Waals surface area contributed by atoms with Gasteiger partial charge in [0.25, 0.3) is 5.79 Å². The fourth-order valence-electron chi connectivity index (χ4n) is 0.705. The van der Waals surface area contributed by atoms with Crippen molar-refractivity contribution in [3.05, 3.63) is 0 Å². The number of rotatable bonds is 0. The molecule has 62 valence electrons. The maximum Gasteiger partial charge on any atom is 0.333 e. The van der Waals surface area contributed by atoms with E-state index in [-0.39, 0.29) is 0 Å². The molecule has 0 unspecified atom stereocenters. The van der Waals surface area contributed by atoms with Gasteiger partial charge >= 0.3 is 11.9 Å². The molecule has 1 aliphatic heterocycles. The number of ether oxygens (including phenoxy) is 2. The highest BCUT2D eigenvalue weighted by atomic mass is 127. The van der Waals surface area contributed by atoms with Crippen LogP contribution in [0.15, 0.2) is 0 Å². The quantitative estimate of drug-likeness (QED) is 0.280. The molecule has 4 nitrogen and oxygen atoms in total. The fraction of sp³-hybridized carbons (Fsp3) is 0.667. The van der Waals surface area contributed by atoms with E-state index in [1.165, 1.54) is 13.8 Å². The van der Waals surface area contributed by atoms with Gasteiger partial charge in [-0.15, -0.1) is 0 Å². The van der Waals surface area contributed by atoms with Crippen LogP contribution < -0.4 is 0 Å². The van der Waals surface area contributed by atoms with Gasteiger partial charge < -0.3 is 9.47 Å². The third kappa shape index (κ3) is 1.82. The van der Waals surface area contributed by atoms with Crippen molar-refractivity contribution in [1.29, 1.82) is 0 Å². The molecule has 0 amide bonds. The number of hydrogen-bond donors (Lipinski definition) is 0. The molecule has 0 aromatic carbocycles. The summed E-state index contributed by atoms with van der Waals surface area (Å²) >= 11 is 1.68. The Morgan fingerprint density at radius 1 is 1.27 bits per heavy atom. The summed E-state index contributed by atoms with van der Waals surface area (Å²) in [7, 11) is 0. The first-order valence-corrected chi connectivity index (χ1v) is 4.27. The van der Waals surface area contributed by atoms with Gasteiger partial charge in [-0.25, -0.2) is 0 Å². The average molecular weight is 270 g/mol. The van der Waals surface area contributed by atoms with Crippen molar-refractivity contribution in [3.8, 4) is 0 Å². The second kappa shape index (κ2) is 2.62. The number of carbonyl (C=O) groups excluding carboxylic acids is 2. The summed E-state index contributed by atoms with van der Waals surface area (Å²) in [5.74, 6) is -2.17. The Kier molecular flexibility index (Phi) is 2.08. The summed E-state index contributed by atoms with van der Waals surface area (Å²) in [5.41, 5.74) is 0. The molecule has 0 aromatic heterocycles. The molecule has 0 N–H and O–H groups in total. The molecule has 1 aliphatic rings. The molecule has 0 spiro atoms. The summed E-state index contributed by atoms with van der Waals surface area (Å²) in [6.45, 7) is 3.04. The molecule has 0 radical (unpaired) electrons. The summed E-state index contributed by atoms with van der Waals surface area (Å²) in [6, 6.07) is 0. The summed E-state index contributed by atoms with van der Waals surface area (Å²) in [6.07, 6.45) is 0. The van der Waals surface area contributed by atoms with Crippen LogP contribution in [-0.2, 0) is 19.1 Å². The number of alkyl halides is 1. The zero-order valence-corrected chi connectivity index (χ0v) is 8.25. The molecule has 1 heterocycles. The van der Waals surface area contributed by atoms with E-state index < -0.39 is 21.7 Å². The van der Waals surface area contributed by atoms with Crippen molar-refractivity contribution in [2.75, 3.05) is 0 Å². The Hall–Kier alpha value is -0.330. The van der Waals surface area contributed by atoms with Gasteiger partial charge in [-0.05, 0) is 0 Å². The van der Waals surface area contributed by atoms with Crippen LogP contribution in [0.4, 0.5) is 0 Å². The van der Waals surface area contributed by atoms with Crippen LogP contribution in [0.3, 0.4) is 0 Å². The lowest BCUT2D eigenvalue weighted by Gasteiger charge is -2.30. The molecule has 1 rings (SSSR count). The van der Waals surface area contributed by atoms with Crippen LogP contribution in [0.1, 0.15) is 13.8 Å². The molecule has 11 heavy (non-hydrogen) atoms. The highest BCUT2D eigenvalue weighted by molar-refractivity contribution is 14.1. The summed E-state index contributed by atoms with van der Waals surface area (Å²) in [4.78, 5) is 21.8. The first-order chi connectivity index (χ1) is 4.92. The molecule has 1 saturated heterocycles. The van der Waals surface area contributed by atoms with E-state index >= 15 is 0 Å². The van der Waals surface area contributed by atoms with E-state index in [1.54, 1.807) is 22.6 Å². The minimum absolute atomic E-state index is 0.535. The van der Waals surface area contributed by atoms with Gasteiger partial charge in [-0.1, -0.05) is 22.6 Å². The van der Waals surface area contributed by atoms with E-state index in [4.69, 9.17) is 9.47 Å². The van der Waals surface area contributed by atoms with Crippen LogP contribution in [-0.4, -0.2) is 21.7 Å². The van der Waals surface area contributed by atoms with Crippen LogP contribution in [0.2, 0.25) is 0 Å². The van der Waals surface area contributed by atoms with E-state index in [2.05, 4.69) is 0 Å². The second-order valence-corrected chi connectivity index (χ2v) is 3.85. The Bertz CT molecular complexity index is 191. The predicted octanol–water partition coefficient (Wildman–Crippen LogP) is 0.626. The molecular formula is C6H7IO4. The predicted molar refractivity (Wildman–Crippen MR) is 44.1 cm³/mol. The summed E-state index contributed by atoms with van der Waals surface area (Å²) < 4.78 is 8.71. The first kappa shape index (κ1) is 8.76. The van der Waals surface area contributed by atoms with Crippen LogP contribution in [0, 0.1) is 0 Å². The normalized spacial score (nSPS) is 24.3. The van der Waals surface area contributed by atoms with Gasteiger partial charge in [0, 0.05) is 13.8 Å². The van der Waals surface area contributed by atoms with Crippen LogP contribution >= 0.6 is 22.6 Å². The van der Waals surface area contributed by atoms with Crippen molar-refractivity contribution in [2.45, 2.75) is 23.6 Å². The largest absolute Gasteiger partial charge is 0.422 e. The van der Waals surface area contributed by atoms with Crippen molar-refractivity contribution >= 4 is 34.5 Å². The van der Waals surface area contributed by atoms with Crippen molar-refractivity contribution in [3.63, 3.8) is 0 Å². The molecule has 0 aromatic rings. The van der Waals surface area contributed by atoms with Crippen molar-refractivity contribution < 1.29 is 19.1 Å². The third-order valence-electron chi connectivity index (χ3n) is 1.11. The lowest BCUT2D eigenvalue weighted by Crippen LogP contribution is -2.46. The minimum atomic E-state index is -1.10. The van der Waals surface area contributed by atoms with Gasteiger partial charge in [0.2, 0.25) is 3.92 Å². The number of hydrogen-bond acceptors (Lipinski definition) is 4. The maximum absolute atomic E-state index is 10.9. The number of halogens is 1. The number of cyclic esters (lactones) is 2. The topological polar surface area (TPSA) is 52.6 Å². The van der Waals surface area contributed by atoms with Gasteiger partial charge in [0.05, 0.1) is 0 Å². The van der Waals surface area contributed by atoms with Gasteiger partial charge in [-0.3, -0.25) is 9.59 Å². The third-order valence-corrected chi connectivity index (χ3v) is 2.12. The van der Waals surface area contributed by atoms with Gasteiger partial charge in [0.1, 0.15) is 0 Å². The molecule has 5 heteroatoms. The van der Waals surface area contributed by atoms with E-state index in [1.807, 2.05) is 0 Å². The van der Waals surface area contributed by atoms with Crippen LogP contribution in [0.5, 0.6) is 0 Å². The zero-order chi connectivity index (χ0) is 8.65. The van der Waals surface area contributed by atoms with Crippen LogP contribution in [0.25, 0.3) is 0 Å². The Labute approximate surface area is 77.4 Å². The van der Waals surface area contributed by atoms with Crippen molar-refractivity contribution in [1.82, 2.24) is 0 Å². The molecule has 0 atom stereocenters. The van der Waals surface area contributed by atoms with E-state index in [0.717, 1.165) is 0 Å². The highest BCUT2D eigenvalue weighted by Gasteiger charge is 2.41. The lowest BCUT2D eigenvalue weighted by atomic mass is 10.3. The van der Waals surface area contributed by atoms with Gasteiger partial charge in [-0.2, -0.15) is 0 Å². The zero-order valence-electron chi connectivity index (χ0n) is 6.09. The fourth-order valence-corrected chi connectivity index (χ4v) is 0.959. The molecule has 0 aliphatic carbocycles. The lowest BCUT2D eigenvalue weighted by molar-refractivity contribution is -0.229. The number of carbonyl (C=O) groups is 2. The standard InChI is InChI=1S/C6H7IO4/c1-6(2)10-4(8)3(7)5(9)11-6/h3H,1-2H3. The van der Waals surface area contributed by atoms with Crippen molar-refractivity contribution in [2.24, 2.45) is 0 Å². The SMILES string of the molecule is CC1(C)OC(=O)C(I)C(=O)O1. The molecule has 1 fully saturated rings. The Morgan fingerprint density at radius 2 is 1.64 bits per heavy atom. The van der Waals surface area contributed by atoms with Gasteiger partial charge in [0.15, 0.2) is 0 Å². The second-order valence-electron chi connectivity index (χ2n) is 2.60. The van der Waals surface area contributed by atoms with E-state index in [0.29, 0.717) is 0 Å². The monoisotopic (exact) mass is 270 g/mol.